The van der Waals surface area contributed by atoms with Gasteiger partial charge in [0, 0.05) is 11.4 Å². The van der Waals surface area contributed by atoms with E-state index >= 15 is 0 Å². The first kappa shape index (κ1) is 18.9. The number of aromatic carboxylic acids is 1. The number of aryl methyl sites for hydroxylation is 2. The van der Waals surface area contributed by atoms with Crippen molar-refractivity contribution in [1.29, 1.82) is 5.26 Å². The van der Waals surface area contributed by atoms with Crippen molar-refractivity contribution in [2.24, 2.45) is 0 Å². The van der Waals surface area contributed by atoms with Crippen molar-refractivity contribution in [3.8, 4) is 6.07 Å². The molecule has 2 aromatic rings. The topological polar surface area (TPSA) is 103 Å². The van der Waals surface area contributed by atoms with Crippen LogP contribution in [0.15, 0.2) is 35.4 Å². The molecule has 1 aliphatic rings. The van der Waals surface area contributed by atoms with Gasteiger partial charge in [0.1, 0.15) is 11.1 Å². The zero-order valence-electron chi connectivity index (χ0n) is 14.9. The largest absolute Gasteiger partial charge is 0.478 e. The van der Waals surface area contributed by atoms with Gasteiger partial charge in [-0.2, -0.15) is 5.26 Å². The van der Waals surface area contributed by atoms with E-state index in [4.69, 9.17) is 5.11 Å². The number of anilines is 1. The van der Waals surface area contributed by atoms with E-state index in [1.807, 2.05) is 13.0 Å². The molecule has 1 amide bonds. The maximum atomic E-state index is 12.7. The Hall–Kier alpha value is -2.85. The SMILES string of the molecule is CCC(Sc1nc2c(cc1C#N)CCC2)C(=O)Nc1cccc(C(=O)O)c1. The molecule has 2 N–H and O–H groups in total. The lowest BCUT2D eigenvalue weighted by Gasteiger charge is -2.16. The summed E-state index contributed by atoms with van der Waals surface area (Å²) < 4.78 is 0. The van der Waals surface area contributed by atoms with Gasteiger partial charge in [0.15, 0.2) is 0 Å². The monoisotopic (exact) mass is 381 g/mol. The van der Waals surface area contributed by atoms with Gasteiger partial charge in [0.05, 0.1) is 16.4 Å². The molecule has 7 heteroatoms. The fourth-order valence-corrected chi connectivity index (χ4v) is 4.03. The molecule has 6 nitrogen and oxygen atoms in total. The highest BCUT2D eigenvalue weighted by molar-refractivity contribution is 8.00. The number of aromatic nitrogens is 1. The highest BCUT2D eigenvalue weighted by Gasteiger charge is 2.23. The van der Waals surface area contributed by atoms with E-state index < -0.39 is 11.2 Å². The molecule has 0 spiro atoms. The van der Waals surface area contributed by atoms with Crippen molar-refractivity contribution in [2.75, 3.05) is 5.32 Å². The fourth-order valence-electron chi connectivity index (χ4n) is 3.03. The van der Waals surface area contributed by atoms with Gasteiger partial charge in [-0.25, -0.2) is 9.78 Å². The summed E-state index contributed by atoms with van der Waals surface area (Å²) in [6.45, 7) is 1.89. The van der Waals surface area contributed by atoms with Crippen LogP contribution < -0.4 is 5.32 Å². The minimum absolute atomic E-state index is 0.112. The molecule has 3 rings (SSSR count). The van der Waals surface area contributed by atoms with E-state index in [0.717, 1.165) is 30.5 Å². The number of nitriles is 1. The Morgan fingerprint density at radius 1 is 1.37 bits per heavy atom. The number of nitrogens with zero attached hydrogens (tertiary/aromatic N) is 2. The maximum absolute atomic E-state index is 12.7. The van der Waals surface area contributed by atoms with Gasteiger partial charge >= 0.3 is 5.97 Å². The number of rotatable bonds is 6. The minimum Gasteiger partial charge on any atom is -0.478 e. The van der Waals surface area contributed by atoms with Gasteiger partial charge < -0.3 is 10.4 Å². The van der Waals surface area contributed by atoms with Crippen LogP contribution in [0.1, 0.15) is 46.9 Å². The number of hydrogen-bond donors (Lipinski definition) is 2. The lowest BCUT2D eigenvalue weighted by Crippen LogP contribution is -2.25. The van der Waals surface area contributed by atoms with Gasteiger partial charge in [0.2, 0.25) is 5.91 Å². The number of carboxylic acids is 1. The number of fused-ring (bicyclic) bond motifs is 1. The van der Waals surface area contributed by atoms with Crippen LogP contribution in [0, 0.1) is 11.3 Å². The average molecular weight is 381 g/mol. The molecule has 1 unspecified atom stereocenters. The molecular weight excluding hydrogens is 362 g/mol. The first-order valence-corrected chi connectivity index (χ1v) is 9.63. The summed E-state index contributed by atoms with van der Waals surface area (Å²) in [6.07, 6.45) is 3.44. The third kappa shape index (κ3) is 4.29. The first-order valence-electron chi connectivity index (χ1n) is 8.75. The van der Waals surface area contributed by atoms with Crippen LogP contribution in [0.2, 0.25) is 0 Å². The number of thioether (sulfide) groups is 1. The smallest absolute Gasteiger partial charge is 0.335 e. The number of amides is 1. The predicted molar refractivity (Wildman–Crippen MR) is 103 cm³/mol. The number of pyridine rings is 1. The Bertz CT molecular complexity index is 937. The Morgan fingerprint density at radius 3 is 2.89 bits per heavy atom. The third-order valence-corrected chi connectivity index (χ3v) is 5.80. The standard InChI is InChI=1S/C20H19N3O3S/c1-2-17(18(24)22-15-7-3-6-13(10-15)20(25)26)27-19-14(11-21)9-12-5-4-8-16(12)23-19/h3,6-7,9-10,17H,2,4-5,8H2,1H3,(H,22,24)(H,25,26). The van der Waals surface area contributed by atoms with Gasteiger partial charge in [-0.3, -0.25) is 4.79 Å². The van der Waals surface area contributed by atoms with Crippen LogP contribution in [-0.4, -0.2) is 27.2 Å². The number of carbonyl (C=O) groups is 2. The fraction of sp³-hybridized carbons (Fsp3) is 0.300. The van der Waals surface area contributed by atoms with Gasteiger partial charge in [-0.1, -0.05) is 24.8 Å². The summed E-state index contributed by atoms with van der Waals surface area (Å²) in [6, 6.07) is 10.2. The van der Waals surface area contributed by atoms with E-state index in [2.05, 4.69) is 16.4 Å². The van der Waals surface area contributed by atoms with Crippen molar-refractivity contribution in [2.45, 2.75) is 42.9 Å². The van der Waals surface area contributed by atoms with Crippen molar-refractivity contribution >= 4 is 29.3 Å². The lowest BCUT2D eigenvalue weighted by molar-refractivity contribution is -0.115. The Labute approximate surface area is 161 Å². The molecule has 0 fully saturated rings. The number of carboxylic acid groups (broad SMARTS) is 1. The number of benzene rings is 1. The van der Waals surface area contributed by atoms with Crippen molar-refractivity contribution < 1.29 is 14.7 Å². The summed E-state index contributed by atoms with van der Waals surface area (Å²) >= 11 is 1.28. The summed E-state index contributed by atoms with van der Waals surface area (Å²) in [7, 11) is 0. The predicted octanol–water partition coefficient (Wildman–Crippen LogP) is 3.65. The van der Waals surface area contributed by atoms with Crippen molar-refractivity contribution in [3.05, 3.63) is 52.7 Å². The average Bonchev–Trinajstić information content (AvgIpc) is 3.12. The second kappa shape index (κ2) is 8.23. The van der Waals surface area contributed by atoms with Crippen LogP contribution in [0.25, 0.3) is 0 Å². The molecule has 1 atom stereocenters. The highest BCUT2D eigenvalue weighted by Crippen LogP contribution is 2.31. The summed E-state index contributed by atoms with van der Waals surface area (Å²) in [5.41, 5.74) is 3.18. The minimum atomic E-state index is -1.05. The van der Waals surface area contributed by atoms with Crippen LogP contribution in [0.4, 0.5) is 5.69 Å². The quantitative estimate of drug-likeness (QED) is 0.741. The van der Waals surface area contributed by atoms with Crippen molar-refractivity contribution in [1.82, 2.24) is 4.98 Å². The number of carbonyl (C=O) groups excluding carboxylic acids is 1. The van der Waals surface area contributed by atoms with E-state index in [1.54, 1.807) is 12.1 Å². The molecule has 1 aromatic heterocycles. The summed E-state index contributed by atoms with van der Waals surface area (Å²) in [5.74, 6) is -1.29. The molecule has 0 radical (unpaired) electrons. The molecule has 138 valence electrons. The molecule has 1 aliphatic carbocycles. The van der Waals surface area contributed by atoms with Crippen LogP contribution in [0.3, 0.4) is 0 Å². The van der Waals surface area contributed by atoms with Crippen LogP contribution in [-0.2, 0) is 17.6 Å². The Kier molecular flexibility index (Phi) is 5.77. The van der Waals surface area contributed by atoms with Crippen molar-refractivity contribution in [3.63, 3.8) is 0 Å². The lowest BCUT2D eigenvalue weighted by atomic mass is 10.2. The Morgan fingerprint density at radius 2 is 2.19 bits per heavy atom. The zero-order valence-corrected chi connectivity index (χ0v) is 15.7. The highest BCUT2D eigenvalue weighted by atomic mass is 32.2. The molecule has 0 bridgehead atoms. The summed E-state index contributed by atoms with van der Waals surface area (Å²) in [5, 5.41) is 21.4. The van der Waals surface area contributed by atoms with Gasteiger partial charge in [0.25, 0.3) is 0 Å². The molecular formula is C20H19N3O3S. The second-order valence-corrected chi connectivity index (χ2v) is 7.49. The summed E-state index contributed by atoms with van der Waals surface area (Å²) in [4.78, 5) is 28.4. The van der Waals surface area contributed by atoms with Gasteiger partial charge in [-0.05, 0) is 55.5 Å². The van der Waals surface area contributed by atoms with E-state index in [-0.39, 0.29) is 11.5 Å². The van der Waals surface area contributed by atoms with Gasteiger partial charge in [-0.15, -0.1) is 0 Å². The molecule has 27 heavy (non-hydrogen) atoms. The number of hydrogen-bond acceptors (Lipinski definition) is 5. The molecule has 0 saturated heterocycles. The molecule has 0 aliphatic heterocycles. The second-order valence-electron chi connectivity index (χ2n) is 6.30. The Balaban J connectivity index is 1.78. The number of nitrogens with one attached hydrogen (secondary N) is 1. The van der Waals surface area contributed by atoms with E-state index in [0.29, 0.717) is 22.7 Å². The molecule has 0 saturated carbocycles. The van der Waals surface area contributed by atoms with Crippen LogP contribution in [0.5, 0.6) is 0 Å². The zero-order chi connectivity index (χ0) is 19.4. The first-order chi connectivity index (χ1) is 13.0. The van der Waals surface area contributed by atoms with Crippen LogP contribution >= 0.6 is 11.8 Å². The molecule has 1 heterocycles. The molecule has 1 aromatic carbocycles. The normalized spacial score (nSPS) is 13.5. The maximum Gasteiger partial charge on any atom is 0.335 e. The van der Waals surface area contributed by atoms with E-state index in [9.17, 15) is 14.9 Å². The van der Waals surface area contributed by atoms with E-state index in [1.165, 1.54) is 23.9 Å². The third-order valence-electron chi connectivity index (χ3n) is 4.43.